The van der Waals surface area contributed by atoms with Crippen molar-refractivity contribution < 1.29 is 47.5 Å². The van der Waals surface area contributed by atoms with Gasteiger partial charge in [0, 0.05) is 25.1 Å². The van der Waals surface area contributed by atoms with Crippen molar-refractivity contribution in [2.24, 2.45) is 0 Å². The van der Waals surface area contributed by atoms with E-state index in [9.17, 15) is 23.7 Å². The fraction of sp³-hybridized carbons (Fsp3) is 0.739. The van der Waals surface area contributed by atoms with Crippen molar-refractivity contribution in [1.29, 1.82) is 0 Å². The monoisotopic (exact) mass is 532 g/mol. The molecule has 0 spiro atoms. The lowest BCUT2D eigenvalue weighted by Gasteiger charge is -2.25. The predicted molar refractivity (Wildman–Crippen MR) is 127 cm³/mol. The zero-order valence-electron chi connectivity index (χ0n) is 20.4. The van der Waals surface area contributed by atoms with Gasteiger partial charge in [0.15, 0.2) is 0 Å². The largest absolute Gasteiger partial charge is 0.469 e. The summed E-state index contributed by atoms with van der Waals surface area (Å²) >= 11 is 0. The summed E-state index contributed by atoms with van der Waals surface area (Å²) in [5.74, 6) is -2.49. The minimum atomic E-state index is -4.63. The van der Waals surface area contributed by atoms with E-state index in [4.69, 9.17) is 19.3 Å². The molecule has 2 rings (SSSR count). The number of hydrogen-bond donors (Lipinski definition) is 4. The molecule has 36 heavy (non-hydrogen) atoms. The Hall–Kier alpha value is -2.27. The van der Waals surface area contributed by atoms with Gasteiger partial charge in [0.2, 0.25) is 11.8 Å². The molecule has 1 atom stereocenters. The Morgan fingerprint density at radius 1 is 0.861 bits per heavy atom. The highest BCUT2D eigenvalue weighted by Crippen LogP contribution is 2.35. The van der Waals surface area contributed by atoms with Crippen molar-refractivity contribution in [1.82, 2.24) is 10.6 Å². The van der Waals surface area contributed by atoms with Crippen LogP contribution in [0.2, 0.25) is 0 Å². The minimum Gasteiger partial charge on any atom is -0.462 e. The van der Waals surface area contributed by atoms with Crippen molar-refractivity contribution in [2.45, 2.75) is 95.3 Å². The van der Waals surface area contributed by atoms with Gasteiger partial charge >= 0.3 is 19.8 Å². The molecule has 2 aliphatic carbocycles. The first-order valence-electron chi connectivity index (χ1n) is 12.5. The first kappa shape index (κ1) is 30.0. The highest BCUT2D eigenvalue weighted by molar-refractivity contribution is 7.46. The fourth-order valence-corrected chi connectivity index (χ4v) is 4.47. The molecule has 0 aromatic rings. The van der Waals surface area contributed by atoms with E-state index in [2.05, 4.69) is 15.2 Å². The Kier molecular flexibility index (Phi) is 13.1. The maximum Gasteiger partial charge on any atom is 0.469 e. The average Bonchev–Trinajstić information content (AvgIpc) is 2.83. The number of hydrogen-bond acceptors (Lipinski definition) is 8. The number of rotatable bonds is 13. The van der Waals surface area contributed by atoms with Gasteiger partial charge in [-0.3, -0.25) is 18.9 Å². The third-order valence-corrected chi connectivity index (χ3v) is 6.49. The van der Waals surface area contributed by atoms with Gasteiger partial charge in [-0.05, 0) is 57.8 Å². The maximum atomic E-state index is 12.8. The lowest BCUT2D eigenvalue weighted by Crippen LogP contribution is -2.43. The van der Waals surface area contributed by atoms with Crippen molar-refractivity contribution >= 4 is 31.6 Å². The highest BCUT2D eigenvalue weighted by Gasteiger charge is 2.27. The number of ether oxygens (including phenoxy) is 2. The highest BCUT2D eigenvalue weighted by atomic mass is 31.2. The zero-order chi connectivity index (χ0) is 26.4. The number of amides is 2. The molecule has 0 bridgehead atoms. The van der Waals surface area contributed by atoms with E-state index < -0.39 is 44.2 Å². The van der Waals surface area contributed by atoms with E-state index in [1.807, 2.05) is 0 Å². The van der Waals surface area contributed by atoms with Crippen LogP contribution < -0.4 is 10.6 Å². The van der Waals surface area contributed by atoms with Gasteiger partial charge in [-0.15, -0.1) is 0 Å². The molecule has 0 unspecified atom stereocenters. The standard InChI is InChI=1S/C23H37N2O10P/c26-20(24-15-16-33-36(30,31)32)12-13-21(27)25-19(23(29)35-18-9-5-2-6-10-18)11-14-22(28)34-17-7-3-1-4-8-17/h12-13,17-19H,1-11,14-16H2,(H,24,26)(H,25,27)(H2,30,31,32)/b13-12+/t19-/m0/s1. The summed E-state index contributed by atoms with van der Waals surface area (Å²) < 4.78 is 25.9. The molecule has 0 saturated heterocycles. The molecule has 0 aliphatic heterocycles. The van der Waals surface area contributed by atoms with Gasteiger partial charge < -0.3 is 29.9 Å². The average molecular weight is 533 g/mol. The van der Waals surface area contributed by atoms with Crippen LogP contribution in [0.5, 0.6) is 0 Å². The summed E-state index contributed by atoms with van der Waals surface area (Å²) in [6.45, 7) is -0.600. The van der Waals surface area contributed by atoms with Crippen LogP contribution >= 0.6 is 7.82 Å². The van der Waals surface area contributed by atoms with Gasteiger partial charge in [-0.1, -0.05) is 12.8 Å². The van der Waals surface area contributed by atoms with Crippen LogP contribution in [-0.4, -0.2) is 64.9 Å². The second kappa shape index (κ2) is 15.8. The smallest absolute Gasteiger partial charge is 0.462 e. The van der Waals surface area contributed by atoms with Gasteiger partial charge in [-0.2, -0.15) is 0 Å². The number of carbonyl (C=O) groups excluding carboxylic acids is 4. The topological polar surface area (TPSA) is 178 Å². The molecule has 12 nitrogen and oxygen atoms in total. The number of phosphoric ester groups is 1. The van der Waals surface area contributed by atoms with Crippen molar-refractivity contribution in [2.75, 3.05) is 13.2 Å². The van der Waals surface area contributed by atoms with Crippen molar-refractivity contribution in [3.8, 4) is 0 Å². The second-order valence-electron chi connectivity index (χ2n) is 8.99. The Morgan fingerprint density at radius 2 is 1.42 bits per heavy atom. The summed E-state index contributed by atoms with van der Waals surface area (Å²) in [4.78, 5) is 66.4. The van der Waals surface area contributed by atoms with E-state index in [1.54, 1.807) is 0 Å². The molecule has 2 amide bonds. The number of carbonyl (C=O) groups is 4. The van der Waals surface area contributed by atoms with E-state index in [0.29, 0.717) is 0 Å². The van der Waals surface area contributed by atoms with Crippen LogP contribution in [0.25, 0.3) is 0 Å². The Morgan fingerprint density at radius 3 is 2.00 bits per heavy atom. The van der Waals surface area contributed by atoms with Crippen LogP contribution in [0.15, 0.2) is 12.2 Å². The summed E-state index contributed by atoms with van der Waals surface area (Å²) in [7, 11) is -4.63. The van der Waals surface area contributed by atoms with Crippen molar-refractivity contribution in [3.63, 3.8) is 0 Å². The molecule has 4 N–H and O–H groups in total. The molecule has 2 saturated carbocycles. The lowest BCUT2D eigenvalue weighted by atomic mass is 9.97. The minimum absolute atomic E-state index is 0.00258. The summed E-state index contributed by atoms with van der Waals surface area (Å²) in [5, 5.41) is 4.78. The summed E-state index contributed by atoms with van der Waals surface area (Å²) in [6, 6.07) is -1.08. The Labute approximate surface area is 210 Å². The quantitative estimate of drug-likeness (QED) is 0.118. The van der Waals surface area contributed by atoms with Gasteiger partial charge in [0.25, 0.3) is 0 Å². The molecule has 0 radical (unpaired) electrons. The predicted octanol–water partition coefficient (Wildman–Crippen LogP) is 1.78. The van der Waals surface area contributed by atoms with Crippen LogP contribution in [0.4, 0.5) is 0 Å². The lowest BCUT2D eigenvalue weighted by molar-refractivity contribution is -0.155. The van der Waals surface area contributed by atoms with Gasteiger partial charge in [0.05, 0.1) is 6.61 Å². The third kappa shape index (κ3) is 13.2. The molecular weight excluding hydrogens is 495 g/mol. The Balaban J connectivity index is 1.85. The maximum absolute atomic E-state index is 12.8. The molecule has 2 fully saturated rings. The SMILES string of the molecule is O=C(/C=C/C(=O)N[C@@H](CCC(=O)OC1CCCCC1)C(=O)OC1CCCCC1)NCCOP(=O)(O)O. The first-order valence-corrected chi connectivity index (χ1v) is 14.0. The Bertz CT molecular complexity index is 816. The second-order valence-corrected chi connectivity index (χ2v) is 10.2. The van der Waals surface area contributed by atoms with E-state index in [1.165, 1.54) is 0 Å². The summed E-state index contributed by atoms with van der Waals surface area (Å²) in [6.07, 6.45) is 10.7. The number of phosphoric acid groups is 1. The van der Waals surface area contributed by atoms with Crippen LogP contribution in [0, 0.1) is 0 Å². The van der Waals surface area contributed by atoms with Crippen LogP contribution in [0.1, 0.15) is 77.0 Å². The molecular formula is C23H37N2O10P. The molecule has 0 aromatic heterocycles. The molecule has 204 valence electrons. The summed E-state index contributed by atoms with van der Waals surface area (Å²) in [5.41, 5.74) is 0. The molecule has 0 heterocycles. The van der Waals surface area contributed by atoms with Gasteiger partial charge in [0.1, 0.15) is 18.2 Å². The zero-order valence-corrected chi connectivity index (χ0v) is 21.3. The van der Waals surface area contributed by atoms with E-state index in [-0.39, 0.29) is 31.6 Å². The van der Waals surface area contributed by atoms with Crippen LogP contribution in [-0.2, 0) is 37.7 Å². The van der Waals surface area contributed by atoms with Gasteiger partial charge in [-0.25, -0.2) is 9.36 Å². The van der Waals surface area contributed by atoms with E-state index >= 15 is 0 Å². The first-order chi connectivity index (χ1) is 17.1. The molecule has 0 aromatic carbocycles. The van der Waals surface area contributed by atoms with E-state index in [0.717, 1.165) is 76.4 Å². The molecule has 13 heteroatoms. The normalized spacial score (nSPS) is 18.4. The number of nitrogens with one attached hydrogen (secondary N) is 2. The molecule has 2 aliphatic rings. The number of esters is 2. The fourth-order valence-electron chi connectivity index (χ4n) is 4.14. The third-order valence-electron chi connectivity index (χ3n) is 5.97. The van der Waals surface area contributed by atoms with Crippen molar-refractivity contribution in [3.05, 3.63) is 12.2 Å². The van der Waals surface area contributed by atoms with Crippen LogP contribution in [0.3, 0.4) is 0 Å².